The molecule has 8 nitrogen and oxygen atoms in total. The smallest absolute Gasteiger partial charge is 0.266 e. The van der Waals surface area contributed by atoms with E-state index in [0.29, 0.717) is 0 Å². The number of thioether (sulfide) groups is 1. The van der Waals surface area contributed by atoms with Gasteiger partial charge in [0.15, 0.2) is 5.71 Å². The molecule has 0 bridgehead atoms. The van der Waals surface area contributed by atoms with Crippen molar-refractivity contribution in [3.63, 3.8) is 0 Å². The second-order valence-corrected chi connectivity index (χ2v) is 4.63. The molecule has 5 atom stereocenters. The van der Waals surface area contributed by atoms with Crippen molar-refractivity contribution in [3.05, 3.63) is 6.42 Å². The predicted octanol–water partition coefficient (Wildman–Crippen LogP) is -2.32. The fourth-order valence-electron chi connectivity index (χ4n) is 1.53. The Labute approximate surface area is 107 Å². The highest BCUT2D eigenvalue weighted by atomic mass is 32.2. The van der Waals surface area contributed by atoms with Gasteiger partial charge in [-0.05, 0) is 6.26 Å². The Morgan fingerprint density at radius 1 is 1.33 bits per heavy atom. The minimum atomic E-state index is -1.46. The molecule has 0 aliphatic carbocycles. The number of ether oxygens (including phenoxy) is 1. The van der Waals surface area contributed by atoms with E-state index in [1.165, 1.54) is 0 Å². The number of hydrogen-bond donors (Lipinski definition) is 5. The standard InChI is InChI=1S/C9H15N2O6S/c1-18-9-7(14)6(13)5(12)4(17-9)2-3(11-16)8(10)15/h2,4-7,9,12-14,16H,1H3,(H2,10,15). The molecule has 9 heteroatoms. The Bertz CT molecular complexity index is 337. The lowest BCUT2D eigenvalue weighted by Gasteiger charge is -2.39. The van der Waals surface area contributed by atoms with Crippen LogP contribution in [0.15, 0.2) is 5.16 Å². The molecule has 18 heavy (non-hydrogen) atoms. The average Bonchev–Trinajstić information content (AvgIpc) is 2.35. The van der Waals surface area contributed by atoms with Gasteiger partial charge in [0, 0.05) is 0 Å². The quantitative estimate of drug-likeness (QED) is 0.220. The summed E-state index contributed by atoms with van der Waals surface area (Å²) in [5.74, 6) is -1.00. The van der Waals surface area contributed by atoms with Crippen LogP contribution in [0.4, 0.5) is 0 Å². The Morgan fingerprint density at radius 3 is 2.39 bits per heavy atom. The highest BCUT2D eigenvalue weighted by molar-refractivity contribution is 7.99. The number of nitrogens with zero attached hydrogens (tertiary/aromatic N) is 1. The van der Waals surface area contributed by atoms with Gasteiger partial charge in [-0.1, -0.05) is 5.16 Å². The first-order valence-electron chi connectivity index (χ1n) is 5.01. The summed E-state index contributed by atoms with van der Waals surface area (Å²) in [6, 6.07) is 0. The summed E-state index contributed by atoms with van der Waals surface area (Å²) in [6.07, 6.45) is -2.64. The zero-order valence-electron chi connectivity index (χ0n) is 9.50. The van der Waals surface area contributed by atoms with Gasteiger partial charge < -0.3 is 31.0 Å². The lowest BCUT2D eigenvalue weighted by Crippen LogP contribution is -2.57. The molecule has 103 valence electrons. The summed E-state index contributed by atoms with van der Waals surface area (Å²) in [4.78, 5) is 10.9. The van der Waals surface area contributed by atoms with Crippen LogP contribution < -0.4 is 5.73 Å². The fourth-order valence-corrected chi connectivity index (χ4v) is 2.21. The van der Waals surface area contributed by atoms with Crippen LogP contribution in [0, 0.1) is 6.42 Å². The normalized spacial score (nSPS) is 37.6. The first-order valence-corrected chi connectivity index (χ1v) is 6.30. The minimum Gasteiger partial charge on any atom is -0.410 e. The van der Waals surface area contributed by atoms with Crippen LogP contribution >= 0.6 is 11.8 Å². The summed E-state index contributed by atoms with van der Waals surface area (Å²) >= 11 is 1.12. The maximum absolute atomic E-state index is 10.9. The molecule has 1 saturated heterocycles. The number of rotatable bonds is 4. The molecule has 0 spiro atoms. The third-order valence-corrected chi connectivity index (χ3v) is 3.38. The number of primary amides is 1. The van der Waals surface area contributed by atoms with Crippen molar-refractivity contribution in [2.24, 2.45) is 10.9 Å². The van der Waals surface area contributed by atoms with Gasteiger partial charge in [0.25, 0.3) is 5.91 Å². The van der Waals surface area contributed by atoms with Crippen LogP contribution in [0.1, 0.15) is 0 Å². The van der Waals surface area contributed by atoms with Crippen molar-refractivity contribution >= 4 is 23.4 Å². The van der Waals surface area contributed by atoms with E-state index in [0.717, 1.165) is 18.2 Å². The van der Waals surface area contributed by atoms with Crippen molar-refractivity contribution < 1.29 is 30.1 Å². The maximum Gasteiger partial charge on any atom is 0.266 e. The van der Waals surface area contributed by atoms with Crippen LogP contribution in [0.2, 0.25) is 0 Å². The van der Waals surface area contributed by atoms with Gasteiger partial charge in [-0.25, -0.2) is 0 Å². The molecule has 6 N–H and O–H groups in total. The Kier molecular flexibility index (Phi) is 5.35. The van der Waals surface area contributed by atoms with Gasteiger partial charge in [-0.15, -0.1) is 11.8 Å². The third kappa shape index (κ3) is 3.12. The number of aliphatic hydroxyl groups is 3. The zero-order valence-corrected chi connectivity index (χ0v) is 10.3. The van der Waals surface area contributed by atoms with Gasteiger partial charge in [0.2, 0.25) is 0 Å². The number of oxime groups is 1. The van der Waals surface area contributed by atoms with E-state index in [9.17, 15) is 20.1 Å². The van der Waals surface area contributed by atoms with E-state index in [1.807, 2.05) is 0 Å². The number of aliphatic hydroxyl groups excluding tert-OH is 3. The number of nitrogens with two attached hydrogens (primary N) is 1. The van der Waals surface area contributed by atoms with E-state index >= 15 is 0 Å². The van der Waals surface area contributed by atoms with Crippen LogP contribution in [0.5, 0.6) is 0 Å². The zero-order chi connectivity index (χ0) is 13.9. The molecule has 1 fully saturated rings. The summed E-state index contributed by atoms with van der Waals surface area (Å²) in [5, 5.41) is 40.1. The lowest BCUT2D eigenvalue weighted by atomic mass is 9.96. The second-order valence-electron chi connectivity index (χ2n) is 3.69. The molecule has 0 aromatic carbocycles. The molecule has 1 radical (unpaired) electrons. The van der Waals surface area contributed by atoms with Crippen LogP contribution in [0.3, 0.4) is 0 Å². The Morgan fingerprint density at radius 2 is 1.94 bits per heavy atom. The number of hydrogen-bond acceptors (Lipinski definition) is 8. The van der Waals surface area contributed by atoms with Gasteiger partial charge >= 0.3 is 0 Å². The number of amides is 1. The van der Waals surface area contributed by atoms with E-state index in [-0.39, 0.29) is 0 Å². The molecule has 1 amide bonds. The van der Waals surface area contributed by atoms with Gasteiger partial charge in [-0.2, -0.15) is 0 Å². The van der Waals surface area contributed by atoms with E-state index in [4.69, 9.17) is 15.7 Å². The SMILES string of the molecule is CSC1OC([CH]C(=NO)C(N)=O)C(O)C(O)C1O. The molecule has 1 aliphatic rings. The first-order chi connectivity index (χ1) is 8.42. The molecule has 0 aromatic heterocycles. The second kappa shape index (κ2) is 6.34. The monoisotopic (exact) mass is 279 g/mol. The molecule has 0 saturated carbocycles. The molecular formula is C9H15N2O6S. The highest BCUT2D eigenvalue weighted by Crippen LogP contribution is 2.28. The maximum atomic E-state index is 10.9. The van der Waals surface area contributed by atoms with E-state index in [2.05, 4.69) is 5.16 Å². The molecule has 1 heterocycles. The Hall–Kier alpha value is -0.870. The molecule has 0 aromatic rings. The summed E-state index contributed by atoms with van der Waals surface area (Å²) in [7, 11) is 0. The fraction of sp³-hybridized carbons (Fsp3) is 0.667. The van der Waals surface area contributed by atoms with Crippen molar-refractivity contribution in [1.29, 1.82) is 0 Å². The first kappa shape index (κ1) is 15.2. The van der Waals surface area contributed by atoms with Crippen molar-refractivity contribution in [2.45, 2.75) is 29.9 Å². The summed E-state index contributed by atoms with van der Waals surface area (Å²) < 4.78 is 5.26. The average molecular weight is 279 g/mol. The molecule has 5 unspecified atom stereocenters. The van der Waals surface area contributed by atoms with Gasteiger partial charge in [0.1, 0.15) is 23.7 Å². The number of carbonyl (C=O) groups excluding carboxylic acids is 1. The van der Waals surface area contributed by atoms with Crippen LogP contribution in [-0.4, -0.2) is 68.3 Å². The van der Waals surface area contributed by atoms with E-state index < -0.39 is 41.5 Å². The minimum absolute atomic E-state index is 0.498. The topological polar surface area (TPSA) is 146 Å². The lowest BCUT2D eigenvalue weighted by molar-refractivity contribution is -0.186. The van der Waals surface area contributed by atoms with Gasteiger partial charge in [0.05, 0.1) is 12.5 Å². The highest BCUT2D eigenvalue weighted by Gasteiger charge is 2.44. The van der Waals surface area contributed by atoms with E-state index in [1.54, 1.807) is 6.26 Å². The summed E-state index contributed by atoms with van der Waals surface area (Å²) in [5.41, 5.74) is 3.65. The number of carbonyl (C=O) groups is 1. The van der Waals surface area contributed by atoms with Crippen molar-refractivity contribution in [1.82, 2.24) is 0 Å². The summed E-state index contributed by atoms with van der Waals surface area (Å²) in [6.45, 7) is 0. The largest absolute Gasteiger partial charge is 0.410 e. The molecule has 1 rings (SSSR count). The van der Waals surface area contributed by atoms with Crippen LogP contribution in [0.25, 0.3) is 0 Å². The van der Waals surface area contributed by atoms with Crippen LogP contribution in [-0.2, 0) is 9.53 Å². The molecular weight excluding hydrogens is 264 g/mol. The van der Waals surface area contributed by atoms with Crippen molar-refractivity contribution in [3.8, 4) is 0 Å². The van der Waals surface area contributed by atoms with Crippen molar-refractivity contribution in [2.75, 3.05) is 6.26 Å². The predicted molar refractivity (Wildman–Crippen MR) is 62.9 cm³/mol. The molecule has 1 aliphatic heterocycles. The van der Waals surface area contributed by atoms with Gasteiger partial charge in [-0.3, -0.25) is 4.79 Å². The Balaban J connectivity index is 2.79. The third-order valence-electron chi connectivity index (χ3n) is 2.52.